The third-order valence-electron chi connectivity index (χ3n) is 9.76. The molecule has 13 heteroatoms. The quantitative estimate of drug-likeness (QED) is 0.206. The molecule has 1 spiro atoms. The van der Waals surface area contributed by atoms with Crippen molar-refractivity contribution in [2.75, 3.05) is 33.2 Å². The summed E-state index contributed by atoms with van der Waals surface area (Å²) in [6.45, 7) is 3.92. The van der Waals surface area contributed by atoms with E-state index in [-0.39, 0.29) is 17.4 Å². The van der Waals surface area contributed by atoms with E-state index in [1.165, 1.54) is 35.2 Å². The Morgan fingerprint density at radius 1 is 1.06 bits per heavy atom. The van der Waals surface area contributed by atoms with Gasteiger partial charge in [0, 0.05) is 38.7 Å². The lowest BCUT2D eigenvalue weighted by molar-refractivity contribution is -0.181. The van der Waals surface area contributed by atoms with E-state index >= 15 is 0 Å². The number of piperidine rings is 1. The number of fused-ring (bicyclic) bond motifs is 1. The molecular weight excluding hydrogens is 639 g/mol. The summed E-state index contributed by atoms with van der Waals surface area (Å²) in [6.07, 6.45) is 7.39. The number of amides is 1. The largest absolute Gasteiger partial charge is 0.460 e. The van der Waals surface area contributed by atoms with E-state index in [2.05, 4.69) is 15.2 Å². The number of likely N-dealkylation sites (tertiary alicyclic amines) is 1. The van der Waals surface area contributed by atoms with Gasteiger partial charge in [-0.15, -0.1) is 27.8 Å². The Morgan fingerprint density at radius 2 is 1.77 bits per heavy atom. The Labute approximate surface area is 281 Å². The number of rotatable bonds is 12. The Hall–Kier alpha value is -3.78. The van der Waals surface area contributed by atoms with E-state index in [4.69, 9.17) is 14.2 Å². The van der Waals surface area contributed by atoms with E-state index in [0.717, 1.165) is 68.3 Å². The zero-order valence-electron chi connectivity index (χ0n) is 26.3. The highest BCUT2D eigenvalue weighted by atomic mass is 32.1. The van der Waals surface area contributed by atoms with Crippen LogP contribution in [0.1, 0.15) is 60.1 Å². The summed E-state index contributed by atoms with van der Waals surface area (Å²) in [5, 5.41) is 23.8. The van der Waals surface area contributed by atoms with Crippen molar-refractivity contribution < 1.29 is 28.9 Å². The molecule has 7 rings (SSSR count). The number of carbonyl (C=O) groups excluding carboxylic acids is 2. The predicted octanol–water partition coefficient (Wildman–Crippen LogP) is 5.03. The number of carbonyl (C=O) groups is 2. The fourth-order valence-corrected chi connectivity index (χ4v) is 8.61. The molecule has 0 bridgehead atoms. The van der Waals surface area contributed by atoms with Crippen molar-refractivity contribution in [3.63, 3.8) is 0 Å². The van der Waals surface area contributed by atoms with Crippen LogP contribution >= 0.6 is 22.7 Å². The first-order valence-corrected chi connectivity index (χ1v) is 17.9. The van der Waals surface area contributed by atoms with E-state index in [9.17, 15) is 14.7 Å². The first-order chi connectivity index (χ1) is 22.8. The third kappa shape index (κ3) is 6.54. The van der Waals surface area contributed by atoms with Crippen LogP contribution in [0, 0.1) is 5.41 Å². The number of nitrogens with zero attached hydrogens (tertiary/aromatic N) is 5. The lowest BCUT2D eigenvalue weighted by atomic mass is 9.61. The van der Waals surface area contributed by atoms with Crippen LogP contribution in [0.4, 0.5) is 0 Å². The van der Waals surface area contributed by atoms with Gasteiger partial charge in [0.2, 0.25) is 11.5 Å². The van der Waals surface area contributed by atoms with Gasteiger partial charge in [-0.05, 0) is 91.7 Å². The van der Waals surface area contributed by atoms with Crippen LogP contribution in [0.15, 0.2) is 65.7 Å². The lowest BCUT2D eigenvalue weighted by Gasteiger charge is -2.51. The molecule has 5 heterocycles. The molecule has 3 aromatic heterocycles. The minimum atomic E-state index is -1.76. The van der Waals surface area contributed by atoms with Crippen LogP contribution in [0.2, 0.25) is 0 Å². The van der Waals surface area contributed by atoms with Crippen LogP contribution in [-0.2, 0) is 35.9 Å². The van der Waals surface area contributed by atoms with Gasteiger partial charge in [0.1, 0.15) is 24.1 Å². The predicted molar refractivity (Wildman–Crippen MR) is 177 cm³/mol. The highest BCUT2D eigenvalue weighted by Gasteiger charge is 2.51. The summed E-state index contributed by atoms with van der Waals surface area (Å²) in [7, 11) is 1.86. The molecular formula is C34H39N5O6S2. The molecule has 0 atom stereocenters. The summed E-state index contributed by atoms with van der Waals surface area (Å²) in [5.74, 6) is -0.447. The number of hydrogen-bond acceptors (Lipinski definition) is 11. The summed E-state index contributed by atoms with van der Waals surface area (Å²) < 4.78 is 18.6. The highest BCUT2D eigenvalue weighted by molar-refractivity contribution is 7.12. The zero-order valence-corrected chi connectivity index (χ0v) is 28.0. The highest BCUT2D eigenvalue weighted by Crippen LogP contribution is 2.51. The monoisotopic (exact) mass is 677 g/mol. The maximum absolute atomic E-state index is 13.3. The molecule has 1 saturated heterocycles. The van der Waals surface area contributed by atoms with E-state index in [0.29, 0.717) is 29.3 Å². The molecule has 248 valence electrons. The molecule has 0 unspecified atom stereocenters. The second-order valence-corrected chi connectivity index (χ2v) is 14.7. The maximum Gasteiger partial charge on any atom is 0.349 e. The number of benzene rings is 1. The molecule has 1 aromatic carbocycles. The van der Waals surface area contributed by atoms with Gasteiger partial charge in [-0.2, -0.15) is 0 Å². The maximum atomic E-state index is 13.3. The van der Waals surface area contributed by atoms with Crippen LogP contribution in [0.25, 0.3) is 11.0 Å². The molecule has 2 fully saturated rings. The Morgan fingerprint density at radius 3 is 2.43 bits per heavy atom. The first-order valence-electron chi connectivity index (χ1n) is 16.1. The number of aryl methyl sites for hydroxylation is 1. The molecule has 11 nitrogen and oxygen atoms in total. The second-order valence-electron chi connectivity index (χ2n) is 12.8. The average molecular weight is 678 g/mol. The number of hydrogen-bond donors (Lipinski definition) is 1. The van der Waals surface area contributed by atoms with Crippen LogP contribution in [0.5, 0.6) is 0 Å². The summed E-state index contributed by atoms with van der Waals surface area (Å²) in [6, 6.07) is 13.1. The average Bonchev–Trinajstić information content (AvgIpc) is 3.91. The van der Waals surface area contributed by atoms with E-state index < -0.39 is 17.9 Å². The molecule has 0 radical (unpaired) electrons. The molecule has 2 aliphatic heterocycles. The van der Waals surface area contributed by atoms with Gasteiger partial charge in [-0.1, -0.05) is 17.3 Å². The van der Waals surface area contributed by atoms with Crippen molar-refractivity contribution >= 4 is 45.6 Å². The second kappa shape index (κ2) is 13.4. The van der Waals surface area contributed by atoms with Crippen LogP contribution in [-0.4, -0.2) is 81.1 Å². The minimum absolute atomic E-state index is 0.142. The fraction of sp³-hybridized carbons (Fsp3) is 0.471. The van der Waals surface area contributed by atoms with Crippen molar-refractivity contribution in [3.05, 3.63) is 81.1 Å². The topological polar surface area (TPSA) is 119 Å². The minimum Gasteiger partial charge on any atom is -0.460 e. The van der Waals surface area contributed by atoms with Gasteiger partial charge >= 0.3 is 5.97 Å². The van der Waals surface area contributed by atoms with Crippen molar-refractivity contribution in [3.8, 4) is 0 Å². The lowest BCUT2D eigenvalue weighted by Crippen LogP contribution is -2.52. The van der Waals surface area contributed by atoms with Crippen molar-refractivity contribution in [2.45, 2.75) is 63.1 Å². The molecule has 4 aromatic rings. The Bertz CT molecular complexity index is 1660. The fourth-order valence-electron chi connectivity index (χ4n) is 6.90. The van der Waals surface area contributed by atoms with Gasteiger partial charge in [-0.3, -0.25) is 4.79 Å². The normalized spacial score (nSPS) is 18.3. The van der Waals surface area contributed by atoms with Crippen molar-refractivity contribution in [1.82, 2.24) is 24.8 Å². The van der Waals surface area contributed by atoms with Gasteiger partial charge in [0.25, 0.3) is 6.29 Å². The molecule has 3 aliphatic rings. The summed E-state index contributed by atoms with van der Waals surface area (Å²) in [5.41, 5.74) is 1.01. The van der Waals surface area contributed by atoms with E-state index in [1.807, 2.05) is 57.7 Å². The molecule has 47 heavy (non-hydrogen) atoms. The number of aliphatic hydroxyl groups is 1. The third-order valence-corrected chi connectivity index (χ3v) is 11.7. The SMILES string of the molecule is CN(CCCn1nnc2cc(C3OC=CO3)ccc21)C(=O)CCN1CCC2(CC1)CC(OC(=O)C(O)(c1cccs1)c1cccs1)C2. The molecule has 1 N–H and O–H groups in total. The van der Waals surface area contributed by atoms with Gasteiger partial charge in [0.05, 0.1) is 15.3 Å². The smallest absolute Gasteiger partial charge is 0.349 e. The number of aromatic nitrogens is 3. The molecule has 1 aliphatic carbocycles. The first kappa shape index (κ1) is 31.8. The molecule has 1 amide bonds. The Balaban J connectivity index is 0.815. The Kier molecular flexibility index (Phi) is 9.05. The summed E-state index contributed by atoms with van der Waals surface area (Å²) in [4.78, 5) is 31.6. The number of ether oxygens (including phenoxy) is 3. The summed E-state index contributed by atoms with van der Waals surface area (Å²) >= 11 is 2.71. The van der Waals surface area contributed by atoms with Crippen LogP contribution < -0.4 is 0 Å². The van der Waals surface area contributed by atoms with Gasteiger partial charge < -0.3 is 29.1 Å². The van der Waals surface area contributed by atoms with Crippen molar-refractivity contribution in [2.24, 2.45) is 5.41 Å². The number of esters is 1. The van der Waals surface area contributed by atoms with Gasteiger partial charge in [0.15, 0.2) is 0 Å². The van der Waals surface area contributed by atoms with Gasteiger partial charge in [-0.25, -0.2) is 9.48 Å². The van der Waals surface area contributed by atoms with Crippen LogP contribution in [0.3, 0.4) is 0 Å². The zero-order chi connectivity index (χ0) is 32.4. The standard InChI is InChI=1S/C34H39N5O6S2/c1-37(12-4-13-39-27-8-7-24(21-26(27)35-36-39)31-43-17-18-44-31)30(40)9-14-38-15-10-33(11-16-38)22-25(23-33)45-32(41)34(42,28-5-2-19-46-28)29-6-3-20-47-29/h2-3,5-8,17-21,25,31,42H,4,9-16,22-23H2,1H3. The van der Waals surface area contributed by atoms with E-state index in [1.54, 1.807) is 12.1 Å². The van der Waals surface area contributed by atoms with Crippen molar-refractivity contribution in [1.29, 1.82) is 0 Å². The number of thiophene rings is 2. The molecule has 1 saturated carbocycles.